The van der Waals surface area contributed by atoms with Crippen molar-refractivity contribution in [3.8, 4) is 0 Å². The lowest BCUT2D eigenvalue weighted by atomic mass is 10.0. The highest BCUT2D eigenvalue weighted by molar-refractivity contribution is 6.07. The summed E-state index contributed by atoms with van der Waals surface area (Å²) in [5.74, 6) is 0.545. The molecule has 0 aliphatic carbocycles. The molecular formula is C25H25N3O2. The van der Waals surface area contributed by atoms with Gasteiger partial charge in [0.15, 0.2) is 0 Å². The summed E-state index contributed by atoms with van der Waals surface area (Å²) in [7, 11) is 1.79. The minimum atomic E-state index is -0.311. The summed E-state index contributed by atoms with van der Waals surface area (Å²) in [6.07, 6.45) is 0.651. The highest BCUT2D eigenvalue weighted by atomic mass is 16.2. The van der Waals surface area contributed by atoms with Crippen molar-refractivity contribution in [2.75, 3.05) is 7.05 Å². The number of benzene rings is 3. The van der Waals surface area contributed by atoms with Gasteiger partial charge in [0.2, 0.25) is 0 Å². The Morgan fingerprint density at radius 1 is 0.967 bits per heavy atom. The van der Waals surface area contributed by atoms with Crippen LogP contribution < -0.4 is 5.56 Å². The summed E-state index contributed by atoms with van der Waals surface area (Å²) >= 11 is 0. The standard InChI is InChI=1S/C25H25N3O2/c1-4-22(23-26-21-16-9-8-14-20(21)25(30)28(23)5-2)27(3)24(29)19-15-10-12-17-11-6-7-13-18(17)19/h6-16,22H,4-5H2,1-3H3. The maximum absolute atomic E-state index is 13.5. The number of hydrogen-bond donors (Lipinski definition) is 0. The number of hydrogen-bond acceptors (Lipinski definition) is 3. The number of amides is 1. The van der Waals surface area contributed by atoms with Gasteiger partial charge in [0.1, 0.15) is 5.82 Å². The third-order valence-electron chi connectivity index (χ3n) is 5.70. The number of carbonyl (C=O) groups excluding carboxylic acids is 1. The highest BCUT2D eigenvalue weighted by Crippen LogP contribution is 2.26. The fourth-order valence-corrected chi connectivity index (χ4v) is 4.12. The Morgan fingerprint density at radius 2 is 1.63 bits per heavy atom. The van der Waals surface area contributed by atoms with Crippen LogP contribution in [0.4, 0.5) is 0 Å². The van der Waals surface area contributed by atoms with Crippen LogP contribution in [0.25, 0.3) is 21.7 Å². The average molecular weight is 399 g/mol. The first kappa shape index (κ1) is 19.8. The SMILES string of the molecule is CCC(c1nc2ccccc2c(=O)n1CC)N(C)C(=O)c1cccc2ccccc12. The van der Waals surface area contributed by atoms with E-state index in [1.165, 1.54) is 0 Å². The molecule has 0 aliphatic rings. The predicted octanol–water partition coefficient (Wildman–Crippen LogP) is 4.79. The molecule has 4 aromatic rings. The van der Waals surface area contributed by atoms with E-state index in [4.69, 9.17) is 4.98 Å². The van der Waals surface area contributed by atoms with E-state index in [0.29, 0.717) is 35.3 Å². The van der Waals surface area contributed by atoms with E-state index < -0.39 is 0 Å². The van der Waals surface area contributed by atoms with Gasteiger partial charge in [-0.25, -0.2) is 4.98 Å². The molecule has 0 saturated carbocycles. The first-order valence-corrected chi connectivity index (χ1v) is 10.3. The van der Waals surface area contributed by atoms with E-state index in [2.05, 4.69) is 0 Å². The molecule has 3 aromatic carbocycles. The Labute approximate surface area is 175 Å². The van der Waals surface area contributed by atoms with Crippen molar-refractivity contribution in [2.45, 2.75) is 32.9 Å². The minimum Gasteiger partial charge on any atom is -0.332 e. The molecule has 5 nitrogen and oxygen atoms in total. The van der Waals surface area contributed by atoms with Gasteiger partial charge in [-0.2, -0.15) is 0 Å². The molecule has 0 aliphatic heterocycles. The van der Waals surface area contributed by atoms with Crippen molar-refractivity contribution in [1.82, 2.24) is 14.5 Å². The third-order valence-corrected chi connectivity index (χ3v) is 5.70. The second kappa shape index (κ2) is 8.11. The van der Waals surface area contributed by atoms with Crippen molar-refractivity contribution in [2.24, 2.45) is 0 Å². The van der Waals surface area contributed by atoms with Crippen molar-refractivity contribution < 1.29 is 4.79 Å². The number of carbonyl (C=O) groups is 1. The highest BCUT2D eigenvalue weighted by Gasteiger charge is 2.26. The summed E-state index contributed by atoms with van der Waals surface area (Å²) in [5.41, 5.74) is 1.24. The zero-order valence-corrected chi connectivity index (χ0v) is 17.5. The van der Waals surface area contributed by atoms with Crippen LogP contribution in [0.3, 0.4) is 0 Å². The van der Waals surface area contributed by atoms with Crippen molar-refractivity contribution in [3.63, 3.8) is 0 Å². The molecule has 1 atom stereocenters. The molecule has 0 N–H and O–H groups in total. The zero-order valence-electron chi connectivity index (χ0n) is 17.5. The number of aromatic nitrogens is 2. The Hall–Kier alpha value is -3.47. The number of rotatable bonds is 5. The molecule has 4 rings (SSSR count). The van der Waals surface area contributed by atoms with Gasteiger partial charge >= 0.3 is 0 Å². The van der Waals surface area contributed by atoms with Crippen LogP contribution in [-0.4, -0.2) is 27.4 Å². The fourth-order valence-electron chi connectivity index (χ4n) is 4.12. The molecular weight excluding hydrogens is 374 g/mol. The van der Waals surface area contributed by atoms with Gasteiger partial charge in [-0.3, -0.25) is 14.2 Å². The molecule has 0 bridgehead atoms. The van der Waals surface area contributed by atoms with Crippen molar-refractivity contribution in [3.05, 3.63) is 88.5 Å². The quantitative estimate of drug-likeness (QED) is 0.485. The topological polar surface area (TPSA) is 55.2 Å². The van der Waals surface area contributed by atoms with Gasteiger partial charge in [-0.05, 0) is 42.3 Å². The lowest BCUT2D eigenvalue weighted by molar-refractivity contribution is 0.0717. The van der Waals surface area contributed by atoms with Crippen molar-refractivity contribution >= 4 is 27.6 Å². The van der Waals surface area contributed by atoms with E-state index in [-0.39, 0.29) is 17.5 Å². The maximum atomic E-state index is 13.5. The molecule has 0 spiro atoms. The molecule has 1 amide bonds. The lowest BCUT2D eigenvalue weighted by Gasteiger charge is -2.29. The predicted molar refractivity (Wildman–Crippen MR) is 121 cm³/mol. The van der Waals surface area contributed by atoms with Crippen LogP contribution >= 0.6 is 0 Å². The molecule has 30 heavy (non-hydrogen) atoms. The van der Waals surface area contributed by atoms with Gasteiger partial charge in [-0.15, -0.1) is 0 Å². The van der Waals surface area contributed by atoms with E-state index in [9.17, 15) is 9.59 Å². The minimum absolute atomic E-state index is 0.0671. The van der Waals surface area contributed by atoms with Crippen LogP contribution in [0.5, 0.6) is 0 Å². The van der Waals surface area contributed by atoms with Gasteiger partial charge < -0.3 is 4.90 Å². The average Bonchev–Trinajstić information content (AvgIpc) is 2.79. The van der Waals surface area contributed by atoms with E-state index in [0.717, 1.165) is 10.8 Å². The van der Waals surface area contributed by atoms with E-state index in [1.54, 1.807) is 22.6 Å². The second-order valence-electron chi connectivity index (χ2n) is 7.40. The maximum Gasteiger partial charge on any atom is 0.261 e. The first-order valence-electron chi connectivity index (χ1n) is 10.3. The van der Waals surface area contributed by atoms with Gasteiger partial charge in [0.25, 0.3) is 11.5 Å². The zero-order chi connectivity index (χ0) is 21.3. The number of fused-ring (bicyclic) bond motifs is 2. The lowest BCUT2D eigenvalue weighted by Crippen LogP contribution is -2.36. The normalized spacial score (nSPS) is 12.2. The molecule has 5 heteroatoms. The Bertz CT molecular complexity index is 1290. The fraction of sp³-hybridized carbons (Fsp3) is 0.240. The summed E-state index contributed by atoms with van der Waals surface area (Å²) in [5, 5.41) is 2.55. The second-order valence-corrected chi connectivity index (χ2v) is 7.40. The van der Waals surface area contributed by atoms with Crippen LogP contribution in [0.15, 0.2) is 71.5 Å². The van der Waals surface area contributed by atoms with E-state index >= 15 is 0 Å². The molecule has 1 unspecified atom stereocenters. The van der Waals surface area contributed by atoms with Crippen LogP contribution in [-0.2, 0) is 6.54 Å². The smallest absolute Gasteiger partial charge is 0.261 e. The molecule has 152 valence electrons. The third kappa shape index (κ3) is 3.26. The summed E-state index contributed by atoms with van der Waals surface area (Å²) in [4.78, 5) is 33.1. The number of para-hydroxylation sites is 1. The monoisotopic (exact) mass is 399 g/mol. The van der Waals surface area contributed by atoms with Crippen LogP contribution in [0.2, 0.25) is 0 Å². The Morgan fingerprint density at radius 3 is 2.37 bits per heavy atom. The van der Waals surface area contributed by atoms with Gasteiger partial charge in [-0.1, -0.05) is 55.5 Å². The van der Waals surface area contributed by atoms with Crippen molar-refractivity contribution in [1.29, 1.82) is 0 Å². The Kier molecular flexibility index (Phi) is 5.36. The molecule has 0 radical (unpaired) electrons. The summed E-state index contributed by atoms with van der Waals surface area (Å²) in [6, 6.07) is 20.7. The Balaban J connectivity index is 1.82. The van der Waals surface area contributed by atoms with E-state index in [1.807, 2.05) is 74.5 Å². The molecule has 1 aromatic heterocycles. The summed E-state index contributed by atoms with van der Waals surface area (Å²) in [6.45, 7) is 4.44. The van der Waals surface area contributed by atoms with Crippen LogP contribution in [0, 0.1) is 0 Å². The first-order chi connectivity index (χ1) is 14.6. The van der Waals surface area contributed by atoms with Gasteiger partial charge in [0.05, 0.1) is 16.9 Å². The van der Waals surface area contributed by atoms with Gasteiger partial charge in [0, 0.05) is 19.2 Å². The van der Waals surface area contributed by atoms with Crippen LogP contribution in [0.1, 0.15) is 42.5 Å². The molecule has 0 saturated heterocycles. The number of nitrogens with zero attached hydrogens (tertiary/aromatic N) is 3. The molecule has 1 heterocycles. The summed E-state index contributed by atoms with van der Waals surface area (Å²) < 4.78 is 1.68. The largest absolute Gasteiger partial charge is 0.332 e. The molecule has 0 fully saturated rings.